The van der Waals surface area contributed by atoms with Gasteiger partial charge in [-0.05, 0) is 12.1 Å². The molecule has 0 aliphatic carbocycles. The van der Waals surface area contributed by atoms with Gasteiger partial charge >= 0.3 is 0 Å². The van der Waals surface area contributed by atoms with E-state index in [1.165, 1.54) is 0 Å². The Kier molecular flexibility index (Phi) is 5.01. The largest absolute Gasteiger partial charge is 0.389 e. The summed E-state index contributed by atoms with van der Waals surface area (Å²) in [5.41, 5.74) is 0. The maximum atomic E-state index is 9.54. The van der Waals surface area contributed by atoms with E-state index < -0.39 is 6.10 Å². The minimum atomic E-state index is -0.499. The van der Waals surface area contributed by atoms with Crippen LogP contribution in [0, 0.1) is 0 Å². The monoisotopic (exact) mass is 274 g/mol. The molecule has 0 saturated heterocycles. The van der Waals surface area contributed by atoms with Crippen molar-refractivity contribution in [1.82, 2.24) is 4.98 Å². The minimum absolute atomic E-state index is 0.332. The van der Waals surface area contributed by atoms with Crippen molar-refractivity contribution in [3.63, 3.8) is 0 Å². The number of pyridine rings is 1. The number of halogens is 1. The minimum Gasteiger partial charge on any atom is -0.389 e. The number of methoxy groups -OCH3 is 1. The Balaban J connectivity index is 2.56. The summed E-state index contributed by atoms with van der Waals surface area (Å²) in [6.07, 6.45) is 1.22. The molecule has 0 bridgehead atoms. The number of aromatic nitrogens is 1. The van der Waals surface area contributed by atoms with Gasteiger partial charge in [0, 0.05) is 31.4 Å². The van der Waals surface area contributed by atoms with Crippen LogP contribution < -0.4 is 4.90 Å². The Morgan fingerprint density at radius 3 is 3.00 bits per heavy atom. The quantitative estimate of drug-likeness (QED) is 0.879. The van der Waals surface area contributed by atoms with Gasteiger partial charge in [0.05, 0.1) is 12.7 Å². The van der Waals surface area contributed by atoms with Gasteiger partial charge in [-0.25, -0.2) is 4.98 Å². The second-order valence-corrected chi connectivity index (χ2v) is 4.24. The molecule has 1 N–H and O–H groups in total. The van der Waals surface area contributed by atoms with E-state index in [0.29, 0.717) is 13.2 Å². The normalized spacial score (nSPS) is 12.5. The third kappa shape index (κ3) is 4.15. The molecular weight excluding hydrogens is 260 g/mol. The molecule has 1 aromatic heterocycles. The predicted octanol–water partition coefficient (Wildman–Crippen LogP) is 1.29. The van der Waals surface area contributed by atoms with Crippen LogP contribution in [0.1, 0.15) is 0 Å². The van der Waals surface area contributed by atoms with Crippen LogP contribution in [0.3, 0.4) is 0 Å². The zero-order valence-electron chi connectivity index (χ0n) is 8.85. The number of hydrogen-bond acceptors (Lipinski definition) is 4. The van der Waals surface area contributed by atoms with Crippen molar-refractivity contribution < 1.29 is 9.84 Å². The van der Waals surface area contributed by atoms with Crippen LogP contribution >= 0.6 is 15.9 Å². The summed E-state index contributed by atoms with van der Waals surface area (Å²) in [7, 11) is 3.45. The molecule has 15 heavy (non-hydrogen) atoms. The lowest BCUT2D eigenvalue weighted by molar-refractivity contribution is 0.0694. The lowest BCUT2D eigenvalue weighted by Gasteiger charge is -2.21. The number of rotatable bonds is 5. The van der Waals surface area contributed by atoms with Crippen LogP contribution in [-0.2, 0) is 4.74 Å². The summed E-state index contributed by atoms with van der Waals surface area (Å²) in [6, 6.07) is 3.77. The Bertz CT molecular complexity index is 309. The van der Waals surface area contributed by atoms with Crippen molar-refractivity contribution in [1.29, 1.82) is 0 Å². The Hall–Kier alpha value is -0.650. The molecule has 4 nitrogen and oxygen atoms in total. The summed E-state index contributed by atoms with van der Waals surface area (Å²) in [5.74, 6) is 0.819. The van der Waals surface area contributed by atoms with E-state index in [-0.39, 0.29) is 0 Å². The number of aliphatic hydroxyl groups is 1. The van der Waals surface area contributed by atoms with Crippen LogP contribution in [0.4, 0.5) is 5.82 Å². The fraction of sp³-hybridized carbons (Fsp3) is 0.500. The van der Waals surface area contributed by atoms with E-state index in [9.17, 15) is 5.11 Å². The molecule has 84 valence electrons. The van der Waals surface area contributed by atoms with E-state index in [0.717, 1.165) is 10.3 Å². The first-order valence-electron chi connectivity index (χ1n) is 4.63. The van der Waals surface area contributed by atoms with Crippen molar-refractivity contribution >= 4 is 21.7 Å². The highest BCUT2D eigenvalue weighted by molar-refractivity contribution is 9.10. The maximum Gasteiger partial charge on any atom is 0.129 e. The second kappa shape index (κ2) is 6.05. The van der Waals surface area contributed by atoms with E-state index in [4.69, 9.17) is 4.74 Å². The third-order valence-corrected chi connectivity index (χ3v) is 2.44. The molecule has 0 unspecified atom stereocenters. The maximum absolute atomic E-state index is 9.54. The summed E-state index contributed by atoms with van der Waals surface area (Å²) in [6.45, 7) is 0.829. The lowest BCUT2D eigenvalue weighted by Crippen LogP contribution is -2.32. The molecule has 1 rings (SSSR count). The highest BCUT2D eigenvalue weighted by Crippen LogP contribution is 2.15. The van der Waals surface area contributed by atoms with E-state index in [1.54, 1.807) is 13.3 Å². The van der Waals surface area contributed by atoms with Crippen LogP contribution in [0.5, 0.6) is 0 Å². The molecule has 0 spiro atoms. The topological polar surface area (TPSA) is 45.6 Å². The first-order valence-corrected chi connectivity index (χ1v) is 5.42. The summed E-state index contributed by atoms with van der Waals surface area (Å²) >= 11 is 3.37. The Labute approximate surface area is 98.0 Å². The molecular formula is C10H15BrN2O2. The van der Waals surface area contributed by atoms with Crippen molar-refractivity contribution in [2.45, 2.75) is 6.10 Å². The average molecular weight is 275 g/mol. The molecule has 0 aliphatic heterocycles. The number of ether oxygens (including phenoxy) is 1. The van der Waals surface area contributed by atoms with Gasteiger partial charge in [0.1, 0.15) is 5.82 Å². The lowest BCUT2D eigenvalue weighted by atomic mass is 10.3. The number of likely N-dealkylation sites (N-methyl/N-ethyl adjacent to an activating group) is 1. The molecule has 5 heteroatoms. The van der Waals surface area contributed by atoms with E-state index >= 15 is 0 Å². The SMILES string of the molecule is COC[C@H](O)CN(C)c1cc(Br)ccn1. The number of hydrogen-bond donors (Lipinski definition) is 1. The van der Waals surface area contributed by atoms with Crippen LogP contribution in [0.15, 0.2) is 22.8 Å². The van der Waals surface area contributed by atoms with Crippen molar-refractivity contribution in [2.75, 3.05) is 32.2 Å². The van der Waals surface area contributed by atoms with Crippen molar-refractivity contribution in [2.24, 2.45) is 0 Å². The van der Waals surface area contributed by atoms with Crippen LogP contribution in [0.25, 0.3) is 0 Å². The summed E-state index contributed by atoms with van der Waals surface area (Å²) in [5, 5.41) is 9.54. The van der Waals surface area contributed by atoms with Crippen LogP contribution in [-0.4, -0.2) is 43.5 Å². The Morgan fingerprint density at radius 1 is 1.67 bits per heavy atom. The summed E-state index contributed by atoms with van der Waals surface area (Å²) < 4.78 is 5.83. The number of aliphatic hydroxyl groups excluding tert-OH is 1. The molecule has 1 heterocycles. The molecule has 0 radical (unpaired) electrons. The predicted molar refractivity (Wildman–Crippen MR) is 63.1 cm³/mol. The Morgan fingerprint density at radius 2 is 2.40 bits per heavy atom. The van der Waals surface area contributed by atoms with Gasteiger partial charge in [-0.3, -0.25) is 0 Å². The standard InChI is InChI=1S/C10H15BrN2O2/c1-13(6-9(14)7-15-2)10-5-8(11)3-4-12-10/h3-5,9,14H,6-7H2,1-2H3/t9-/m1/s1. The van der Waals surface area contributed by atoms with Crippen molar-refractivity contribution in [3.05, 3.63) is 22.8 Å². The number of nitrogens with zero attached hydrogens (tertiary/aromatic N) is 2. The first-order chi connectivity index (χ1) is 7.13. The van der Waals surface area contributed by atoms with E-state index in [2.05, 4.69) is 20.9 Å². The zero-order chi connectivity index (χ0) is 11.3. The first kappa shape index (κ1) is 12.4. The molecule has 0 fully saturated rings. The van der Waals surface area contributed by atoms with Crippen molar-refractivity contribution in [3.8, 4) is 0 Å². The molecule has 1 aromatic rings. The highest BCUT2D eigenvalue weighted by Gasteiger charge is 2.09. The summed E-state index contributed by atoms with van der Waals surface area (Å²) in [4.78, 5) is 6.08. The third-order valence-electron chi connectivity index (χ3n) is 1.94. The molecule has 0 aromatic carbocycles. The second-order valence-electron chi connectivity index (χ2n) is 3.32. The van der Waals surface area contributed by atoms with Gasteiger partial charge in [-0.1, -0.05) is 15.9 Å². The van der Waals surface area contributed by atoms with Gasteiger partial charge < -0.3 is 14.7 Å². The molecule has 1 atom stereocenters. The van der Waals surface area contributed by atoms with E-state index in [1.807, 2.05) is 24.1 Å². The van der Waals surface area contributed by atoms with Gasteiger partial charge in [0.25, 0.3) is 0 Å². The molecule has 0 saturated carbocycles. The fourth-order valence-electron chi connectivity index (χ4n) is 1.26. The smallest absolute Gasteiger partial charge is 0.129 e. The fourth-order valence-corrected chi connectivity index (χ4v) is 1.58. The molecule has 0 amide bonds. The zero-order valence-corrected chi connectivity index (χ0v) is 10.4. The van der Waals surface area contributed by atoms with Crippen LogP contribution in [0.2, 0.25) is 0 Å². The number of anilines is 1. The molecule has 0 aliphatic rings. The van der Waals surface area contributed by atoms with Gasteiger partial charge in [-0.15, -0.1) is 0 Å². The highest BCUT2D eigenvalue weighted by atomic mass is 79.9. The van der Waals surface area contributed by atoms with Gasteiger partial charge in [0.15, 0.2) is 0 Å². The van der Waals surface area contributed by atoms with Gasteiger partial charge in [-0.2, -0.15) is 0 Å². The average Bonchev–Trinajstić information content (AvgIpc) is 2.18. The van der Waals surface area contributed by atoms with Gasteiger partial charge in [0.2, 0.25) is 0 Å².